The number of hydrogen-bond donors (Lipinski definition) is 0. The van der Waals surface area contributed by atoms with Crippen LogP contribution in [-0.2, 0) is 0 Å². The van der Waals surface area contributed by atoms with E-state index in [1.165, 1.54) is 62.5 Å². The zero-order chi connectivity index (χ0) is 13.8. The molecule has 3 rings (SSSR count). The molecule has 0 radical (unpaired) electrons. The summed E-state index contributed by atoms with van der Waals surface area (Å²) < 4.78 is 0. The summed E-state index contributed by atoms with van der Waals surface area (Å²) in [7, 11) is 2.31. The first-order chi connectivity index (χ1) is 9.84. The van der Waals surface area contributed by atoms with Gasteiger partial charge in [-0.1, -0.05) is 24.6 Å². The van der Waals surface area contributed by atoms with Crippen LogP contribution in [0.25, 0.3) is 0 Å². The van der Waals surface area contributed by atoms with Crippen LogP contribution in [0, 0.1) is 0 Å². The second-order valence-corrected chi connectivity index (χ2v) is 7.21. The monoisotopic (exact) mass is 290 g/mol. The van der Waals surface area contributed by atoms with Gasteiger partial charge in [0.1, 0.15) is 0 Å². The van der Waals surface area contributed by atoms with Crippen LogP contribution in [0.15, 0.2) is 29.2 Å². The third-order valence-corrected chi connectivity index (χ3v) is 5.80. The summed E-state index contributed by atoms with van der Waals surface area (Å²) >= 11 is 2.02. The summed E-state index contributed by atoms with van der Waals surface area (Å²) in [5.74, 6) is 1.26. The SMILES string of the molecule is CN(CCN1CCCCC1)C1CCSc2ccccc21. The minimum atomic E-state index is 0.622. The molecule has 0 aliphatic carbocycles. The average molecular weight is 290 g/mol. The van der Waals surface area contributed by atoms with Crippen molar-refractivity contribution in [2.45, 2.75) is 36.6 Å². The summed E-state index contributed by atoms with van der Waals surface area (Å²) in [6.07, 6.45) is 5.51. The lowest BCUT2D eigenvalue weighted by Gasteiger charge is -2.35. The van der Waals surface area contributed by atoms with Gasteiger partial charge in [-0.25, -0.2) is 0 Å². The maximum Gasteiger partial charge on any atom is 0.0364 e. The van der Waals surface area contributed by atoms with Gasteiger partial charge in [0.05, 0.1) is 0 Å². The Bertz CT molecular complexity index is 429. The Labute approximate surface area is 127 Å². The third-order valence-electron chi connectivity index (χ3n) is 4.68. The quantitative estimate of drug-likeness (QED) is 0.836. The Morgan fingerprint density at radius 3 is 2.85 bits per heavy atom. The predicted octanol–water partition coefficient (Wildman–Crippen LogP) is 3.64. The maximum absolute atomic E-state index is 2.64. The van der Waals surface area contributed by atoms with Crippen molar-refractivity contribution < 1.29 is 0 Å². The van der Waals surface area contributed by atoms with Crippen LogP contribution in [0.4, 0.5) is 0 Å². The molecule has 20 heavy (non-hydrogen) atoms. The summed E-state index contributed by atoms with van der Waals surface area (Å²) in [6.45, 7) is 5.06. The van der Waals surface area contributed by atoms with Crippen molar-refractivity contribution in [2.24, 2.45) is 0 Å². The van der Waals surface area contributed by atoms with Gasteiger partial charge in [0.2, 0.25) is 0 Å². The normalized spacial score (nSPS) is 23.8. The van der Waals surface area contributed by atoms with Crippen LogP contribution in [0.3, 0.4) is 0 Å². The first kappa shape index (κ1) is 14.4. The average Bonchev–Trinajstić information content (AvgIpc) is 2.53. The number of likely N-dealkylation sites (N-methyl/N-ethyl adjacent to an activating group) is 1. The van der Waals surface area contributed by atoms with Gasteiger partial charge in [-0.3, -0.25) is 4.90 Å². The highest BCUT2D eigenvalue weighted by Crippen LogP contribution is 2.38. The van der Waals surface area contributed by atoms with Crippen molar-refractivity contribution in [1.29, 1.82) is 0 Å². The number of likely N-dealkylation sites (tertiary alicyclic amines) is 1. The van der Waals surface area contributed by atoms with Gasteiger partial charge in [0, 0.05) is 24.0 Å². The van der Waals surface area contributed by atoms with Gasteiger partial charge in [0.15, 0.2) is 0 Å². The zero-order valence-corrected chi connectivity index (χ0v) is 13.4. The highest BCUT2D eigenvalue weighted by Gasteiger charge is 2.24. The second-order valence-electron chi connectivity index (χ2n) is 6.07. The smallest absolute Gasteiger partial charge is 0.0364 e. The van der Waals surface area contributed by atoms with Gasteiger partial charge < -0.3 is 4.90 Å². The van der Waals surface area contributed by atoms with E-state index in [4.69, 9.17) is 0 Å². The van der Waals surface area contributed by atoms with Crippen LogP contribution in [0.1, 0.15) is 37.3 Å². The van der Waals surface area contributed by atoms with Crippen LogP contribution in [0.5, 0.6) is 0 Å². The van der Waals surface area contributed by atoms with E-state index >= 15 is 0 Å². The van der Waals surface area contributed by atoms with Crippen molar-refractivity contribution >= 4 is 11.8 Å². The molecule has 1 fully saturated rings. The molecule has 2 nitrogen and oxygen atoms in total. The number of rotatable bonds is 4. The number of fused-ring (bicyclic) bond motifs is 1. The van der Waals surface area contributed by atoms with E-state index in [1.54, 1.807) is 5.56 Å². The van der Waals surface area contributed by atoms with E-state index in [0.717, 1.165) is 0 Å². The molecule has 1 atom stereocenters. The predicted molar refractivity (Wildman–Crippen MR) is 87.4 cm³/mol. The lowest BCUT2D eigenvalue weighted by Crippen LogP contribution is -2.38. The minimum Gasteiger partial charge on any atom is -0.302 e. The fraction of sp³-hybridized carbons (Fsp3) is 0.647. The van der Waals surface area contributed by atoms with Crippen molar-refractivity contribution in [2.75, 3.05) is 39.0 Å². The molecule has 0 aromatic heterocycles. The van der Waals surface area contributed by atoms with Crippen LogP contribution in [0.2, 0.25) is 0 Å². The van der Waals surface area contributed by atoms with Crippen LogP contribution in [-0.4, -0.2) is 48.8 Å². The Morgan fingerprint density at radius 1 is 1.20 bits per heavy atom. The van der Waals surface area contributed by atoms with Crippen molar-refractivity contribution in [1.82, 2.24) is 9.80 Å². The molecule has 2 aliphatic heterocycles. The molecule has 1 aromatic carbocycles. The fourth-order valence-electron chi connectivity index (χ4n) is 3.42. The topological polar surface area (TPSA) is 6.48 Å². The molecule has 0 amide bonds. The zero-order valence-electron chi connectivity index (χ0n) is 12.6. The molecule has 110 valence electrons. The Kier molecular flexibility index (Phi) is 5.03. The summed E-state index contributed by atoms with van der Waals surface area (Å²) in [4.78, 5) is 6.71. The molecule has 0 N–H and O–H groups in total. The first-order valence-corrected chi connectivity index (χ1v) is 8.97. The molecule has 3 heteroatoms. The molecule has 1 aromatic rings. The number of piperidine rings is 1. The van der Waals surface area contributed by atoms with E-state index in [9.17, 15) is 0 Å². The second kappa shape index (κ2) is 6.97. The molecule has 0 bridgehead atoms. The fourth-order valence-corrected chi connectivity index (χ4v) is 4.53. The number of thioether (sulfide) groups is 1. The molecule has 2 heterocycles. The highest BCUT2D eigenvalue weighted by molar-refractivity contribution is 7.99. The third kappa shape index (κ3) is 3.38. The number of benzene rings is 1. The molecule has 2 aliphatic rings. The molecule has 1 saturated heterocycles. The van der Waals surface area contributed by atoms with Crippen LogP contribution >= 0.6 is 11.8 Å². The first-order valence-electron chi connectivity index (χ1n) is 7.99. The lowest BCUT2D eigenvalue weighted by molar-refractivity contribution is 0.167. The van der Waals surface area contributed by atoms with E-state index in [0.29, 0.717) is 6.04 Å². The number of nitrogens with zero attached hydrogens (tertiary/aromatic N) is 2. The highest BCUT2D eigenvalue weighted by atomic mass is 32.2. The van der Waals surface area contributed by atoms with Gasteiger partial charge >= 0.3 is 0 Å². The van der Waals surface area contributed by atoms with E-state index in [2.05, 4.69) is 41.1 Å². The van der Waals surface area contributed by atoms with Crippen molar-refractivity contribution in [3.63, 3.8) is 0 Å². The van der Waals surface area contributed by atoms with Crippen molar-refractivity contribution in [3.05, 3.63) is 29.8 Å². The molecule has 0 spiro atoms. The van der Waals surface area contributed by atoms with Crippen molar-refractivity contribution in [3.8, 4) is 0 Å². The Balaban J connectivity index is 1.58. The Morgan fingerprint density at radius 2 is 2.00 bits per heavy atom. The Hall–Kier alpha value is -0.510. The van der Waals surface area contributed by atoms with Gasteiger partial charge in [-0.2, -0.15) is 0 Å². The lowest BCUT2D eigenvalue weighted by atomic mass is 10.0. The van der Waals surface area contributed by atoms with E-state index in [1.807, 2.05) is 11.8 Å². The minimum absolute atomic E-state index is 0.622. The molecular formula is C17H26N2S. The number of hydrogen-bond acceptors (Lipinski definition) is 3. The summed E-state index contributed by atoms with van der Waals surface area (Å²) in [5, 5.41) is 0. The van der Waals surface area contributed by atoms with Gasteiger partial charge in [0.25, 0.3) is 0 Å². The maximum atomic E-state index is 2.64. The standard InChI is InChI=1S/C17H26N2S/c1-18(12-13-19-10-5-2-6-11-19)16-9-14-20-17-8-4-3-7-15(16)17/h3-4,7-8,16H,2,5-6,9-14H2,1H3. The molecule has 1 unspecified atom stereocenters. The molecule has 0 saturated carbocycles. The van der Waals surface area contributed by atoms with Gasteiger partial charge in [-0.15, -0.1) is 11.8 Å². The molecular weight excluding hydrogens is 264 g/mol. The largest absolute Gasteiger partial charge is 0.302 e. The summed E-state index contributed by atoms with van der Waals surface area (Å²) in [5.41, 5.74) is 1.55. The van der Waals surface area contributed by atoms with Crippen LogP contribution < -0.4 is 0 Å². The van der Waals surface area contributed by atoms with E-state index < -0.39 is 0 Å². The summed E-state index contributed by atoms with van der Waals surface area (Å²) in [6, 6.07) is 9.59. The van der Waals surface area contributed by atoms with Gasteiger partial charge in [-0.05, 0) is 56.8 Å². The van der Waals surface area contributed by atoms with E-state index in [-0.39, 0.29) is 0 Å².